The molecule has 0 aromatic carbocycles. The summed E-state index contributed by atoms with van der Waals surface area (Å²) in [5, 5.41) is 0. The first-order valence-electron chi connectivity index (χ1n) is 52.2. The Balaban J connectivity index is 1.66. The van der Waals surface area contributed by atoms with Crippen molar-refractivity contribution in [2.24, 2.45) is 41.4 Å². The predicted octanol–water partition coefficient (Wildman–Crippen LogP) is 30.7. The van der Waals surface area contributed by atoms with Gasteiger partial charge in [0, 0.05) is 45.1 Å². The molecule has 0 amide bonds. The number of carbonyl (C=O) groups is 4. The van der Waals surface area contributed by atoms with Crippen molar-refractivity contribution < 1.29 is 47.6 Å². The summed E-state index contributed by atoms with van der Waals surface area (Å²) in [6, 6.07) is 0. The highest BCUT2D eigenvalue weighted by Crippen LogP contribution is 2.37. The van der Waals surface area contributed by atoms with Crippen LogP contribution in [-0.2, 0) is 47.6 Å². The van der Waals surface area contributed by atoms with Gasteiger partial charge < -0.3 is 38.2 Å². The molecule has 116 heavy (non-hydrogen) atoms. The fraction of sp³-hybridized carbons (Fsp3) is 0.962. The van der Waals surface area contributed by atoms with Crippen LogP contribution in [0.3, 0.4) is 0 Å². The molecule has 0 bridgehead atoms. The van der Waals surface area contributed by atoms with E-state index in [0.717, 1.165) is 148 Å². The molecule has 686 valence electrons. The number of hydrogen-bond donors (Lipinski definition) is 0. The Hall–Kier alpha value is -2.28. The third-order valence-electron chi connectivity index (χ3n) is 27.4. The van der Waals surface area contributed by atoms with Crippen molar-refractivity contribution in [2.75, 3.05) is 72.3 Å². The third-order valence-corrected chi connectivity index (χ3v) is 27.4. The van der Waals surface area contributed by atoms with E-state index < -0.39 is 5.79 Å². The number of rotatable bonds is 89. The maximum atomic E-state index is 13.3. The number of esters is 4. The molecule has 2 rings (SSSR count). The molecule has 0 aromatic heterocycles. The Morgan fingerprint density at radius 3 is 1.10 bits per heavy atom. The van der Waals surface area contributed by atoms with Crippen LogP contribution >= 0.6 is 0 Å². The van der Waals surface area contributed by atoms with Gasteiger partial charge in [0.1, 0.15) is 0 Å². The number of hydrogen-bond acceptors (Lipinski definition) is 12. The van der Waals surface area contributed by atoms with Gasteiger partial charge in [-0.25, -0.2) is 0 Å². The van der Waals surface area contributed by atoms with E-state index in [-0.39, 0.29) is 30.0 Å². The quantitative estimate of drug-likeness (QED) is 0.0326. The van der Waals surface area contributed by atoms with Crippen LogP contribution < -0.4 is 0 Å². The molecule has 2 aliphatic heterocycles. The van der Waals surface area contributed by atoms with Crippen LogP contribution in [0.5, 0.6) is 0 Å². The van der Waals surface area contributed by atoms with E-state index in [1.807, 2.05) is 0 Å². The van der Waals surface area contributed by atoms with Crippen molar-refractivity contribution >= 4 is 23.9 Å². The highest BCUT2D eigenvalue weighted by molar-refractivity contribution is 5.70. The molecule has 2 aliphatic rings. The molecule has 2 fully saturated rings. The van der Waals surface area contributed by atoms with Crippen molar-refractivity contribution in [1.29, 1.82) is 0 Å². The molecular weight excluding hydrogens is 1440 g/mol. The molecule has 12 nitrogen and oxygen atoms in total. The van der Waals surface area contributed by atoms with Crippen molar-refractivity contribution in [3.05, 3.63) is 0 Å². The second-order valence-corrected chi connectivity index (χ2v) is 37.7. The maximum absolute atomic E-state index is 13.3. The number of unbranched alkanes of at least 4 members (excludes halogenated alkanes) is 34. The van der Waals surface area contributed by atoms with Crippen LogP contribution in [0.1, 0.15) is 519 Å². The van der Waals surface area contributed by atoms with Crippen LogP contribution in [0.15, 0.2) is 0 Å². The minimum absolute atomic E-state index is 0.00717. The normalized spacial score (nSPS) is 16.6. The Kier molecular flexibility index (Phi) is 75.6. The van der Waals surface area contributed by atoms with Crippen molar-refractivity contribution in [3.63, 3.8) is 0 Å². The Bertz CT molecular complexity index is 2130. The average Bonchev–Trinajstić information content (AvgIpc) is 1.69. The van der Waals surface area contributed by atoms with E-state index in [1.54, 1.807) is 0 Å². The summed E-state index contributed by atoms with van der Waals surface area (Å²) < 4.78 is 36.9. The van der Waals surface area contributed by atoms with Gasteiger partial charge in [0.15, 0.2) is 5.79 Å². The molecule has 0 saturated carbocycles. The molecule has 0 spiro atoms. The summed E-state index contributed by atoms with van der Waals surface area (Å²) in [7, 11) is 0. The Morgan fingerprint density at radius 2 is 0.698 bits per heavy atom. The van der Waals surface area contributed by atoms with Crippen LogP contribution in [0.4, 0.5) is 0 Å². The first-order chi connectivity index (χ1) is 56.8. The van der Waals surface area contributed by atoms with E-state index in [2.05, 4.69) is 79.0 Å². The first-order valence-corrected chi connectivity index (χ1v) is 52.2. The lowest BCUT2D eigenvalue weighted by molar-refractivity contribution is -0.180. The zero-order valence-electron chi connectivity index (χ0n) is 79.4. The van der Waals surface area contributed by atoms with Gasteiger partial charge in [0.05, 0.1) is 39.1 Å². The van der Waals surface area contributed by atoms with E-state index in [1.165, 1.54) is 328 Å². The number of likely N-dealkylation sites (tertiary alicyclic amines) is 1. The van der Waals surface area contributed by atoms with Crippen molar-refractivity contribution in [2.45, 2.75) is 531 Å². The largest absolute Gasteiger partial charge is 0.466 e. The zero-order valence-corrected chi connectivity index (χ0v) is 79.4. The summed E-state index contributed by atoms with van der Waals surface area (Å²) in [6.07, 6.45) is 82.0. The molecule has 7 unspecified atom stereocenters. The Morgan fingerprint density at radius 1 is 0.353 bits per heavy atom. The fourth-order valence-electron chi connectivity index (χ4n) is 19.1. The van der Waals surface area contributed by atoms with E-state index in [0.29, 0.717) is 87.6 Å². The van der Waals surface area contributed by atoms with Crippen molar-refractivity contribution in [3.8, 4) is 0 Å². The van der Waals surface area contributed by atoms with Crippen LogP contribution in [0.25, 0.3) is 0 Å². The van der Waals surface area contributed by atoms with Gasteiger partial charge in [-0.2, -0.15) is 0 Å². The van der Waals surface area contributed by atoms with Gasteiger partial charge in [0.25, 0.3) is 0 Å². The Labute approximate surface area is 721 Å². The highest BCUT2D eigenvalue weighted by Gasteiger charge is 2.40. The summed E-state index contributed by atoms with van der Waals surface area (Å²) in [5.41, 5.74) is 0. The minimum atomic E-state index is -0.450. The molecule has 0 aliphatic carbocycles. The van der Waals surface area contributed by atoms with Crippen LogP contribution in [-0.4, -0.2) is 118 Å². The van der Waals surface area contributed by atoms with Gasteiger partial charge in [-0.1, -0.05) is 371 Å². The SMILES string of the molecule is CCCCCC(CCCCC)CCOC(=O)CCCCCCCCC1(CCCCCCCCC(=O)OCCC(CCCCC)CCC(CC)C(C)CCCC(CCCCC)CC(=O)OCCCCCCCCCC(CCCCCCCCCOC(=O)CC(CCCCC)CCCCC)CCN(CC)CC)OCC(CCN2CCCC2)O1. The molecular formula is C104H200N2O10. The van der Waals surface area contributed by atoms with Gasteiger partial charge >= 0.3 is 23.9 Å². The second kappa shape index (κ2) is 79.9. The van der Waals surface area contributed by atoms with E-state index in [9.17, 15) is 19.2 Å². The zero-order chi connectivity index (χ0) is 84.1. The van der Waals surface area contributed by atoms with Crippen LogP contribution in [0.2, 0.25) is 0 Å². The number of nitrogens with zero attached hydrogens (tertiary/aromatic N) is 2. The van der Waals surface area contributed by atoms with E-state index >= 15 is 0 Å². The fourth-order valence-corrected chi connectivity index (χ4v) is 19.1. The minimum Gasteiger partial charge on any atom is -0.466 e. The third kappa shape index (κ3) is 63.6. The lowest BCUT2D eigenvalue weighted by atomic mass is 9.80. The van der Waals surface area contributed by atoms with Crippen LogP contribution in [0, 0.1) is 41.4 Å². The summed E-state index contributed by atoms with van der Waals surface area (Å²) >= 11 is 0. The molecule has 2 heterocycles. The first kappa shape index (κ1) is 110. The predicted molar refractivity (Wildman–Crippen MR) is 495 cm³/mol. The molecule has 7 atom stereocenters. The lowest BCUT2D eigenvalue weighted by Gasteiger charge is -2.29. The summed E-state index contributed by atoms with van der Waals surface area (Å²) in [4.78, 5) is 56.9. The van der Waals surface area contributed by atoms with E-state index in [4.69, 9.17) is 28.4 Å². The smallest absolute Gasteiger partial charge is 0.306 e. The molecule has 0 N–H and O–H groups in total. The van der Waals surface area contributed by atoms with Crippen molar-refractivity contribution in [1.82, 2.24) is 9.80 Å². The van der Waals surface area contributed by atoms with Gasteiger partial charge in [-0.15, -0.1) is 0 Å². The number of carbonyl (C=O) groups excluding carboxylic acids is 4. The summed E-state index contributed by atoms with van der Waals surface area (Å²) in [6.45, 7) is 33.3. The molecule has 0 aromatic rings. The maximum Gasteiger partial charge on any atom is 0.306 e. The van der Waals surface area contributed by atoms with Gasteiger partial charge in [-0.05, 0) is 183 Å². The second-order valence-electron chi connectivity index (χ2n) is 37.7. The topological polar surface area (TPSA) is 130 Å². The van der Waals surface area contributed by atoms with Gasteiger partial charge in [0.2, 0.25) is 0 Å². The molecule has 12 heteroatoms. The highest BCUT2D eigenvalue weighted by atomic mass is 16.7. The molecule has 0 radical (unpaired) electrons. The van der Waals surface area contributed by atoms with Gasteiger partial charge in [-0.3, -0.25) is 19.2 Å². The molecule has 2 saturated heterocycles. The lowest BCUT2D eigenvalue weighted by Crippen LogP contribution is -2.32. The summed E-state index contributed by atoms with van der Waals surface area (Å²) in [5.74, 6) is 4.02. The monoisotopic (exact) mass is 1640 g/mol. The average molecular weight is 1640 g/mol. The number of ether oxygens (including phenoxy) is 6. The standard InChI is InChI=1S/C104H200N2O10/c1-11-20-44-62-94(63-45-21-12-2)77-87-113-100(107)71-52-38-30-32-40-54-79-104(115-91-99(116-104)76-84-106-81-56-57-82-106)80-55-41-33-31-39-53-72-101(108)114-88-78-95(64-46-22-13-3)73-74-98(17-7)92(10)61-60-70-97(69-49-25-16-6)90-103(110)112-86-59-43-35-27-29-37-51-66-93(75-83-105(18-8)19-9)65-50-36-28-26-34-42-58-85-111-102(109)89-96(67-47-23-14-4)68-48-24-15-5/h92-99H,11-91H2,1-10H3.